The molecule has 0 aromatic carbocycles. The lowest BCUT2D eigenvalue weighted by atomic mass is 10.1. The van der Waals surface area contributed by atoms with Crippen LogP contribution in [-0.4, -0.2) is 40.3 Å². The number of hydrogen-bond donors (Lipinski definition) is 0. The van der Waals surface area contributed by atoms with Gasteiger partial charge in [-0.15, -0.1) is 0 Å². The van der Waals surface area contributed by atoms with E-state index in [9.17, 15) is 4.79 Å². The van der Waals surface area contributed by atoms with Gasteiger partial charge in [0.25, 0.3) is 0 Å². The molecule has 2 aliphatic rings. The zero-order chi connectivity index (χ0) is 16.8. The molecule has 1 saturated carbocycles. The van der Waals surface area contributed by atoms with Crippen LogP contribution in [-0.2, 0) is 9.47 Å². The van der Waals surface area contributed by atoms with Crippen LogP contribution in [0.1, 0.15) is 45.3 Å². The van der Waals surface area contributed by atoms with Crippen molar-refractivity contribution in [2.75, 3.05) is 13.1 Å². The van der Waals surface area contributed by atoms with Crippen molar-refractivity contribution in [2.24, 2.45) is 0 Å². The van der Waals surface area contributed by atoms with E-state index < -0.39 is 5.60 Å². The standard InChI is InChI=1S/C16H20Cl2N2O3/c1-15(2,3)23-14(21)20-8-11(22-16(9-20)4-5-16)10-6-12(17)19-13(18)7-10/h6-7,11H,4-5,8-9H2,1-3H3. The lowest BCUT2D eigenvalue weighted by Crippen LogP contribution is -2.49. The highest BCUT2D eigenvalue weighted by atomic mass is 35.5. The predicted octanol–water partition coefficient (Wildman–Crippen LogP) is 4.23. The van der Waals surface area contributed by atoms with Gasteiger partial charge in [-0.1, -0.05) is 23.2 Å². The van der Waals surface area contributed by atoms with Gasteiger partial charge in [0.2, 0.25) is 0 Å². The molecular formula is C16H20Cl2N2O3. The Morgan fingerprint density at radius 2 is 1.96 bits per heavy atom. The fourth-order valence-electron chi connectivity index (χ4n) is 2.71. The summed E-state index contributed by atoms with van der Waals surface area (Å²) in [6.45, 7) is 6.55. The molecule has 1 aromatic rings. The number of pyridine rings is 1. The normalized spacial score (nSPS) is 23.0. The molecule has 1 atom stereocenters. The summed E-state index contributed by atoms with van der Waals surface area (Å²) in [6.07, 6.45) is 1.28. The molecule has 1 spiro atoms. The zero-order valence-corrected chi connectivity index (χ0v) is 14.9. The molecule has 1 unspecified atom stereocenters. The molecule has 0 bridgehead atoms. The van der Waals surface area contributed by atoms with Crippen LogP contribution in [0, 0.1) is 0 Å². The average molecular weight is 359 g/mol. The molecule has 2 heterocycles. The monoisotopic (exact) mass is 358 g/mol. The SMILES string of the molecule is CC(C)(C)OC(=O)N1CC(c2cc(Cl)nc(Cl)c2)OC2(CC2)C1. The van der Waals surface area contributed by atoms with Crippen molar-refractivity contribution in [2.45, 2.75) is 50.9 Å². The smallest absolute Gasteiger partial charge is 0.410 e. The molecule has 3 rings (SSSR count). The first-order valence-corrected chi connectivity index (χ1v) is 8.40. The number of morpholine rings is 1. The molecule has 126 valence electrons. The van der Waals surface area contributed by atoms with Crippen molar-refractivity contribution >= 4 is 29.3 Å². The minimum absolute atomic E-state index is 0.262. The first-order chi connectivity index (χ1) is 10.7. The van der Waals surface area contributed by atoms with Gasteiger partial charge in [-0.05, 0) is 51.3 Å². The zero-order valence-electron chi connectivity index (χ0n) is 13.4. The average Bonchev–Trinajstić information content (AvgIpc) is 3.14. The molecular weight excluding hydrogens is 339 g/mol. The van der Waals surface area contributed by atoms with Crippen molar-refractivity contribution < 1.29 is 14.3 Å². The summed E-state index contributed by atoms with van der Waals surface area (Å²) in [6, 6.07) is 3.46. The predicted molar refractivity (Wildman–Crippen MR) is 87.9 cm³/mol. The Morgan fingerprint density at radius 3 is 2.48 bits per heavy atom. The number of rotatable bonds is 1. The molecule has 5 nitrogen and oxygen atoms in total. The molecule has 2 fully saturated rings. The Balaban J connectivity index is 1.81. The summed E-state index contributed by atoms with van der Waals surface area (Å²) in [5.41, 5.74) is 0.0435. The van der Waals surface area contributed by atoms with Gasteiger partial charge in [-0.3, -0.25) is 0 Å². The van der Waals surface area contributed by atoms with Crippen molar-refractivity contribution in [1.29, 1.82) is 0 Å². The van der Waals surface area contributed by atoms with E-state index in [1.807, 2.05) is 20.8 Å². The summed E-state index contributed by atoms with van der Waals surface area (Å²) in [5.74, 6) is 0. The number of aromatic nitrogens is 1. The highest BCUT2D eigenvalue weighted by Gasteiger charge is 2.52. The van der Waals surface area contributed by atoms with Gasteiger partial charge in [-0.25, -0.2) is 9.78 Å². The topological polar surface area (TPSA) is 51.7 Å². The van der Waals surface area contributed by atoms with Gasteiger partial charge in [0.15, 0.2) is 0 Å². The van der Waals surface area contributed by atoms with Crippen molar-refractivity contribution in [3.8, 4) is 0 Å². The van der Waals surface area contributed by atoms with Crippen molar-refractivity contribution in [3.63, 3.8) is 0 Å². The van der Waals surface area contributed by atoms with Crippen LogP contribution in [0.25, 0.3) is 0 Å². The summed E-state index contributed by atoms with van der Waals surface area (Å²) in [7, 11) is 0. The number of carbonyl (C=O) groups excluding carboxylic acids is 1. The Hall–Kier alpha value is -1.04. The van der Waals surface area contributed by atoms with Gasteiger partial charge >= 0.3 is 6.09 Å². The van der Waals surface area contributed by atoms with Crippen LogP contribution in [0.15, 0.2) is 12.1 Å². The minimum atomic E-state index is -0.523. The number of hydrogen-bond acceptors (Lipinski definition) is 4. The van der Waals surface area contributed by atoms with Crippen LogP contribution in [0.5, 0.6) is 0 Å². The van der Waals surface area contributed by atoms with Crippen LogP contribution in [0.4, 0.5) is 4.79 Å². The number of nitrogens with zero attached hydrogens (tertiary/aromatic N) is 2. The van der Waals surface area contributed by atoms with Gasteiger partial charge in [0, 0.05) is 0 Å². The van der Waals surface area contributed by atoms with Crippen molar-refractivity contribution in [3.05, 3.63) is 28.0 Å². The molecule has 1 aliphatic carbocycles. The highest BCUT2D eigenvalue weighted by molar-refractivity contribution is 6.32. The van der Waals surface area contributed by atoms with Crippen molar-refractivity contribution in [1.82, 2.24) is 9.88 Å². The first kappa shape index (κ1) is 16.8. The Morgan fingerprint density at radius 1 is 1.35 bits per heavy atom. The summed E-state index contributed by atoms with van der Waals surface area (Å²) < 4.78 is 11.7. The molecule has 23 heavy (non-hydrogen) atoms. The molecule has 1 aromatic heterocycles. The van der Waals surface area contributed by atoms with E-state index in [2.05, 4.69) is 4.98 Å². The molecule has 0 N–H and O–H groups in total. The number of amides is 1. The van der Waals surface area contributed by atoms with E-state index in [0.29, 0.717) is 23.4 Å². The molecule has 0 radical (unpaired) electrons. The van der Waals surface area contributed by atoms with Crippen LogP contribution < -0.4 is 0 Å². The van der Waals surface area contributed by atoms with E-state index in [4.69, 9.17) is 32.7 Å². The Kier molecular flexibility index (Phi) is 4.23. The number of ether oxygens (including phenoxy) is 2. The molecule has 1 amide bonds. The fraction of sp³-hybridized carbons (Fsp3) is 0.625. The third-order valence-electron chi connectivity index (χ3n) is 3.87. The van der Waals surface area contributed by atoms with E-state index in [1.165, 1.54) is 0 Å². The van der Waals surface area contributed by atoms with Gasteiger partial charge in [0.1, 0.15) is 22.0 Å². The molecule has 7 heteroatoms. The first-order valence-electron chi connectivity index (χ1n) is 7.65. The summed E-state index contributed by atoms with van der Waals surface area (Å²) >= 11 is 12.0. The highest BCUT2D eigenvalue weighted by Crippen LogP contribution is 2.47. The van der Waals surface area contributed by atoms with Gasteiger partial charge < -0.3 is 14.4 Å². The lowest BCUT2D eigenvalue weighted by Gasteiger charge is -2.39. The third-order valence-corrected chi connectivity index (χ3v) is 4.26. The van der Waals surface area contributed by atoms with Crippen LogP contribution >= 0.6 is 23.2 Å². The van der Waals surface area contributed by atoms with Gasteiger partial charge in [0.05, 0.1) is 18.7 Å². The number of halogens is 2. The maximum Gasteiger partial charge on any atom is 0.410 e. The second-order valence-corrected chi connectivity index (χ2v) is 7.97. The molecule has 1 aliphatic heterocycles. The van der Waals surface area contributed by atoms with E-state index in [1.54, 1.807) is 17.0 Å². The Bertz CT molecular complexity index is 606. The second kappa shape index (κ2) is 5.80. The summed E-state index contributed by atoms with van der Waals surface area (Å²) in [4.78, 5) is 18.1. The second-order valence-electron chi connectivity index (χ2n) is 7.20. The summed E-state index contributed by atoms with van der Waals surface area (Å²) in [5, 5.41) is 0.630. The quantitative estimate of drug-likeness (QED) is 0.704. The largest absolute Gasteiger partial charge is 0.444 e. The molecule has 1 saturated heterocycles. The Labute approximate surface area is 145 Å². The van der Waals surface area contributed by atoms with E-state index in [0.717, 1.165) is 18.4 Å². The van der Waals surface area contributed by atoms with Crippen LogP contribution in [0.3, 0.4) is 0 Å². The van der Waals surface area contributed by atoms with Gasteiger partial charge in [-0.2, -0.15) is 0 Å². The van der Waals surface area contributed by atoms with E-state index in [-0.39, 0.29) is 17.8 Å². The minimum Gasteiger partial charge on any atom is -0.444 e. The lowest BCUT2D eigenvalue weighted by molar-refractivity contribution is -0.103. The van der Waals surface area contributed by atoms with Crippen LogP contribution in [0.2, 0.25) is 10.3 Å². The maximum absolute atomic E-state index is 12.4. The fourth-order valence-corrected chi connectivity index (χ4v) is 3.19. The maximum atomic E-state index is 12.4. The number of carbonyl (C=O) groups is 1. The van der Waals surface area contributed by atoms with E-state index >= 15 is 0 Å². The third kappa shape index (κ3) is 4.08.